The van der Waals surface area contributed by atoms with E-state index in [-0.39, 0.29) is 12.5 Å². The highest BCUT2D eigenvalue weighted by Gasteiger charge is 2.31. The van der Waals surface area contributed by atoms with Crippen molar-refractivity contribution in [3.05, 3.63) is 70.7 Å². The van der Waals surface area contributed by atoms with Crippen molar-refractivity contribution >= 4 is 33.6 Å². The van der Waals surface area contributed by atoms with Gasteiger partial charge in [0.05, 0.1) is 11.9 Å². The first-order chi connectivity index (χ1) is 14.0. The second-order valence-corrected chi connectivity index (χ2v) is 7.56. The van der Waals surface area contributed by atoms with Crippen LogP contribution in [0.1, 0.15) is 11.1 Å². The molecular formula is C20H18BrN5O3. The third-order valence-electron chi connectivity index (χ3n) is 4.62. The van der Waals surface area contributed by atoms with Crippen molar-refractivity contribution in [2.24, 2.45) is 0 Å². The molecule has 0 saturated heterocycles. The summed E-state index contributed by atoms with van der Waals surface area (Å²) in [6, 6.07) is 7.92. The summed E-state index contributed by atoms with van der Waals surface area (Å²) >= 11 is 3.40. The second-order valence-electron chi connectivity index (χ2n) is 6.65. The van der Waals surface area contributed by atoms with Gasteiger partial charge in [0, 0.05) is 36.5 Å². The molecule has 9 heteroatoms. The van der Waals surface area contributed by atoms with Crippen LogP contribution in [0, 0.1) is 0 Å². The average molecular weight is 456 g/mol. The van der Waals surface area contributed by atoms with Crippen LogP contribution in [-0.2, 0) is 11.2 Å². The Kier molecular flexibility index (Phi) is 5.30. The molecule has 0 aliphatic carbocycles. The summed E-state index contributed by atoms with van der Waals surface area (Å²) in [5.74, 6) is 0.318. The Labute approximate surface area is 175 Å². The monoisotopic (exact) mass is 455 g/mol. The Hall–Kier alpha value is -3.20. The first-order valence-corrected chi connectivity index (χ1v) is 9.74. The van der Waals surface area contributed by atoms with E-state index < -0.39 is 12.1 Å². The fourth-order valence-electron chi connectivity index (χ4n) is 3.09. The zero-order valence-corrected chi connectivity index (χ0v) is 17.2. The fraction of sp³-hybridized carbons (Fsp3) is 0.200. The molecular weight excluding hydrogens is 438 g/mol. The van der Waals surface area contributed by atoms with Crippen molar-refractivity contribution in [3.63, 3.8) is 0 Å². The zero-order chi connectivity index (χ0) is 20.4. The summed E-state index contributed by atoms with van der Waals surface area (Å²) in [5.41, 5.74) is 2.59. The van der Waals surface area contributed by atoms with Crippen molar-refractivity contribution in [2.75, 3.05) is 18.6 Å². The highest BCUT2D eigenvalue weighted by molar-refractivity contribution is 9.10. The first kappa shape index (κ1) is 19.1. The number of likely N-dealkylation sites (N-methyl/N-ethyl adjacent to an activating group) is 1. The molecule has 3 aromatic rings. The van der Waals surface area contributed by atoms with Gasteiger partial charge in [0.15, 0.2) is 0 Å². The molecule has 2 amide bonds. The Bertz CT molecular complexity index is 1050. The van der Waals surface area contributed by atoms with Crippen LogP contribution in [0.5, 0.6) is 5.75 Å². The average Bonchev–Trinajstić information content (AvgIpc) is 3.16. The van der Waals surface area contributed by atoms with E-state index in [2.05, 4.69) is 31.3 Å². The van der Waals surface area contributed by atoms with E-state index in [1.54, 1.807) is 44.0 Å². The number of nitrogens with zero attached hydrogens (tertiary/aromatic N) is 4. The molecule has 1 aliphatic heterocycles. The van der Waals surface area contributed by atoms with E-state index in [4.69, 9.17) is 4.74 Å². The summed E-state index contributed by atoms with van der Waals surface area (Å²) in [7, 11) is 1.65. The second kappa shape index (κ2) is 8.04. The zero-order valence-electron chi connectivity index (χ0n) is 15.6. The molecule has 0 saturated carbocycles. The molecule has 4 rings (SSSR count). The quantitative estimate of drug-likeness (QED) is 0.655. The highest BCUT2D eigenvalue weighted by atomic mass is 79.9. The van der Waals surface area contributed by atoms with Gasteiger partial charge in [0.1, 0.15) is 18.4 Å². The van der Waals surface area contributed by atoms with Crippen LogP contribution in [0.2, 0.25) is 0 Å². The number of anilines is 1. The lowest BCUT2D eigenvalue weighted by molar-refractivity contribution is -0.120. The molecule has 1 aliphatic rings. The van der Waals surface area contributed by atoms with Gasteiger partial charge < -0.3 is 15.0 Å². The predicted molar refractivity (Wildman–Crippen MR) is 110 cm³/mol. The molecule has 1 unspecified atom stereocenters. The van der Waals surface area contributed by atoms with Crippen molar-refractivity contribution in [3.8, 4) is 5.75 Å². The number of aromatic nitrogens is 3. The lowest BCUT2D eigenvalue weighted by Crippen LogP contribution is -2.50. The van der Waals surface area contributed by atoms with Gasteiger partial charge in [-0.2, -0.15) is 9.78 Å². The maximum Gasteiger partial charge on any atom is 0.342 e. The molecule has 1 atom stereocenters. The van der Waals surface area contributed by atoms with Crippen molar-refractivity contribution < 1.29 is 14.3 Å². The van der Waals surface area contributed by atoms with Crippen LogP contribution < -0.4 is 15.0 Å². The van der Waals surface area contributed by atoms with Gasteiger partial charge in [0.25, 0.3) is 5.91 Å². The molecule has 0 spiro atoms. The molecule has 1 N–H and O–H groups in total. The molecule has 0 bridgehead atoms. The Morgan fingerprint density at radius 1 is 1.28 bits per heavy atom. The Balaban J connectivity index is 1.45. The number of carbonyl (C=O) groups is 2. The van der Waals surface area contributed by atoms with Gasteiger partial charge in [-0.1, -0.05) is 15.9 Å². The first-order valence-electron chi connectivity index (χ1n) is 8.94. The van der Waals surface area contributed by atoms with Crippen LogP contribution in [0.25, 0.3) is 0 Å². The smallest absolute Gasteiger partial charge is 0.342 e. The number of halogens is 1. The van der Waals surface area contributed by atoms with E-state index in [9.17, 15) is 9.59 Å². The van der Waals surface area contributed by atoms with E-state index in [1.165, 1.54) is 9.58 Å². The number of fused-ring (bicyclic) bond motifs is 1. The fourth-order valence-corrected chi connectivity index (χ4v) is 3.44. The minimum atomic E-state index is -0.827. The van der Waals surface area contributed by atoms with Gasteiger partial charge in [-0.25, -0.2) is 4.79 Å². The summed E-state index contributed by atoms with van der Waals surface area (Å²) < 4.78 is 7.77. The van der Waals surface area contributed by atoms with Gasteiger partial charge >= 0.3 is 6.03 Å². The van der Waals surface area contributed by atoms with Crippen LogP contribution in [0.15, 0.2) is 59.6 Å². The normalized spacial score (nSPS) is 16.0. The number of hydrogen-bond donors (Lipinski definition) is 1. The third-order valence-corrected chi connectivity index (χ3v) is 5.11. The van der Waals surface area contributed by atoms with Crippen molar-refractivity contribution in [2.45, 2.75) is 12.5 Å². The number of rotatable bonds is 3. The number of nitrogens with one attached hydrogen (secondary N) is 1. The molecule has 8 nitrogen and oxygen atoms in total. The van der Waals surface area contributed by atoms with Gasteiger partial charge in [-0.05, 0) is 41.5 Å². The molecule has 29 heavy (non-hydrogen) atoms. The van der Waals surface area contributed by atoms with Crippen molar-refractivity contribution in [1.82, 2.24) is 20.1 Å². The highest BCUT2D eigenvalue weighted by Crippen LogP contribution is 2.33. The molecule has 0 fully saturated rings. The predicted octanol–water partition coefficient (Wildman–Crippen LogP) is 2.61. The number of pyridine rings is 1. The van der Waals surface area contributed by atoms with Crippen LogP contribution >= 0.6 is 15.9 Å². The maximum absolute atomic E-state index is 12.8. The molecule has 0 radical (unpaired) electrons. The SMILES string of the molecule is CN1C(=O)C(NC(=O)n2cc(Cc3ccncc3)cn2)COc2ccc(Br)cc21. The van der Waals surface area contributed by atoms with Crippen LogP contribution in [0.4, 0.5) is 10.5 Å². The van der Waals surface area contributed by atoms with Crippen molar-refractivity contribution in [1.29, 1.82) is 0 Å². The summed E-state index contributed by atoms with van der Waals surface area (Å²) in [6.45, 7) is 0.0364. The van der Waals surface area contributed by atoms with Gasteiger partial charge in [-0.15, -0.1) is 0 Å². The van der Waals surface area contributed by atoms with E-state index >= 15 is 0 Å². The summed E-state index contributed by atoms with van der Waals surface area (Å²) in [5, 5.41) is 6.82. The van der Waals surface area contributed by atoms with Gasteiger partial charge in [0.2, 0.25) is 0 Å². The van der Waals surface area contributed by atoms with Crippen LogP contribution in [-0.4, -0.2) is 46.4 Å². The number of ether oxygens (including phenoxy) is 1. The minimum absolute atomic E-state index is 0.0364. The minimum Gasteiger partial charge on any atom is -0.489 e. The summed E-state index contributed by atoms with van der Waals surface area (Å²) in [6.07, 6.45) is 7.35. The molecule has 148 valence electrons. The molecule has 3 heterocycles. The largest absolute Gasteiger partial charge is 0.489 e. The van der Waals surface area contributed by atoms with Gasteiger partial charge in [-0.3, -0.25) is 9.78 Å². The molecule has 2 aromatic heterocycles. The molecule has 1 aromatic carbocycles. The van der Waals surface area contributed by atoms with Crippen LogP contribution in [0.3, 0.4) is 0 Å². The number of carbonyl (C=O) groups excluding carboxylic acids is 2. The lowest BCUT2D eigenvalue weighted by atomic mass is 10.1. The number of benzene rings is 1. The lowest BCUT2D eigenvalue weighted by Gasteiger charge is -2.20. The Morgan fingerprint density at radius 2 is 2.07 bits per heavy atom. The van der Waals surface area contributed by atoms with E-state index in [1.807, 2.05) is 18.2 Å². The standard InChI is InChI=1S/C20H18BrN5O3/c1-25-17-9-15(21)2-3-18(17)29-12-16(19(25)27)24-20(28)26-11-14(10-23-26)8-13-4-6-22-7-5-13/h2-7,9-11,16H,8,12H2,1H3,(H,24,28). The maximum atomic E-state index is 12.8. The number of hydrogen-bond acceptors (Lipinski definition) is 5. The number of amides is 2. The third kappa shape index (κ3) is 4.14. The van der Waals surface area contributed by atoms with E-state index in [0.717, 1.165) is 15.6 Å². The van der Waals surface area contributed by atoms with E-state index in [0.29, 0.717) is 17.9 Å². The topological polar surface area (TPSA) is 89.4 Å². The Morgan fingerprint density at radius 3 is 2.86 bits per heavy atom. The summed E-state index contributed by atoms with van der Waals surface area (Å²) in [4.78, 5) is 30.9.